The number of carbonyl (C=O) groups excluding carboxylic acids is 2. The Hall–Kier alpha value is -2.24. The van der Waals surface area contributed by atoms with E-state index < -0.39 is 5.60 Å². The van der Waals surface area contributed by atoms with Crippen molar-refractivity contribution in [3.05, 3.63) is 35.4 Å². The largest absolute Gasteiger partial charge is 0.444 e. The Bertz CT molecular complexity index is 663. The van der Waals surface area contributed by atoms with Crippen LogP contribution in [0.4, 0.5) is 9.59 Å². The molecule has 1 aromatic carbocycles. The predicted molar refractivity (Wildman–Crippen MR) is 100 cm³/mol. The molecule has 0 radical (unpaired) electrons. The maximum atomic E-state index is 12.7. The molecule has 0 aromatic heterocycles. The zero-order valence-corrected chi connectivity index (χ0v) is 16.0. The first-order valence-corrected chi connectivity index (χ1v) is 9.45. The van der Waals surface area contributed by atoms with Crippen LogP contribution in [0.25, 0.3) is 0 Å². The average molecular weight is 359 g/mol. The summed E-state index contributed by atoms with van der Waals surface area (Å²) < 4.78 is 5.59. The van der Waals surface area contributed by atoms with Gasteiger partial charge in [-0.25, -0.2) is 9.59 Å². The molecule has 3 rings (SSSR count). The topological polar surface area (TPSA) is 61.9 Å². The fraction of sp³-hybridized carbons (Fsp3) is 0.600. The van der Waals surface area contributed by atoms with Crippen LogP contribution in [0, 0.1) is 0 Å². The molecule has 0 saturated carbocycles. The Kier molecular flexibility index (Phi) is 5.39. The monoisotopic (exact) mass is 359 g/mol. The molecule has 1 aromatic rings. The molecule has 26 heavy (non-hydrogen) atoms. The van der Waals surface area contributed by atoms with Crippen molar-refractivity contribution in [2.45, 2.75) is 51.7 Å². The molecular weight excluding hydrogens is 330 g/mol. The van der Waals surface area contributed by atoms with E-state index in [1.807, 2.05) is 43.9 Å². The van der Waals surface area contributed by atoms with E-state index in [-0.39, 0.29) is 18.2 Å². The SMILES string of the molecule is CC(C)(C)OC(=O)N1CCc2ccccc2C1CNC(=O)N1CCCC1. The van der Waals surface area contributed by atoms with Crippen LogP contribution in [0.15, 0.2) is 24.3 Å². The second kappa shape index (κ2) is 7.56. The van der Waals surface area contributed by atoms with Gasteiger partial charge in [-0.2, -0.15) is 0 Å². The maximum Gasteiger partial charge on any atom is 0.410 e. The predicted octanol–water partition coefficient (Wildman–Crippen LogP) is 3.33. The fourth-order valence-electron chi connectivity index (χ4n) is 3.63. The van der Waals surface area contributed by atoms with Crippen LogP contribution < -0.4 is 5.32 Å². The van der Waals surface area contributed by atoms with Gasteiger partial charge >= 0.3 is 12.1 Å². The van der Waals surface area contributed by atoms with Crippen LogP contribution in [-0.2, 0) is 11.2 Å². The first-order chi connectivity index (χ1) is 12.3. The van der Waals surface area contributed by atoms with Gasteiger partial charge in [-0.15, -0.1) is 0 Å². The molecule has 1 unspecified atom stereocenters. The van der Waals surface area contributed by atoms with E-state index in [9.17, 15) is 9.59 Å². The normalized spacial score (nSPS) is 19.9. The number of amides is 3. The summed E-state index contributed by atoms with van der Waals surface area (Å²) >= 11 is 0. The van der Waals surface area contributed by atoms with Crippen LogP contribution in [0.3, 0.4) is 0 Å². The summed E-state index contributed by atoms with van der Waals surface area (Å²) in [5.74, 6) is 0. The Morgan fingerprint density at radius 3 is 2.54 bits per heavy atom. The minimum absolute atomic E-state index is 0.0466. The van der Waals surface area contributed by atoms with Crippen LogP contribution in [0.5, 0.6) is 0 Å². The third-order valence-electron chi connectivity index (χ3n) is 4.88. The molecule has 6 heteroatoms. The smallest absolute Gasteiger partial charge is 0.410 e. The summed E-state index contributed by atoms with van der Waals surface area (Å²) in [4.78, 5) is 28.7. The van der Waals surface area contributed by atoms with E-state index in [4.69, 9.17) is 4.74 Å². The highest BCUT2D eigenvalue weighted by Gasteiger charge is 2.34. The second-order valence-corrected chi connectivity index (χ2v) is 8.02. The number of likely N-dealkylation sites (tertiary alicyclic amines) is 1. The molecule has 2 aliphatic heterocycles. The van der Waals surface area contributed by atoms with Gasteiger partial charge in [0.25, 0.3) is 0 Å². The van der Waals surface area contributed by atoms with Gasteiger partial charge in [0.1, 0.15) is 5.60 Å². The number of hydrogen-bond donors (Lipinski definition) is 1. The highest BCUT2D eigenvalue weighted by molar-refractivity contribution is 5.75. The second-order valence-electron chi connectivity index (χ2n) is 8.02. The number of fused-ring (bicyclic) bond motifs is 1. The minimum Gasteiger partial charge on any atom is -0.444 e. The van der Waals surface area contributed by atoms with Crippen molar-refractivity contribution in [2.24, 2.45) is 0 Å². The molecule has 1 atom stereocenters. The lowest BCUT2D eigenvalue weighted by atomic mass is 9.93. The van der Waals surface area contributed by atoms with Crippen molar-refractivity contribution in [3.8, 4) is 0 Å². The quantitative estimate of drug-likeness (QED) is 0.881. The van der Waals surface area contributed by atoms with Gasteiger partial charge in [-0.3, -0.25) is 4.90 Å². The summed E-state index contributed by atoms with van der Waals surface area (Å²) in [5.41, 5.74) is 1.77. The molecule has 2 aliphatic rings. The van der Waals surface area contributed by atoms with E-state index in [0.29, 0.717) is 13.1 Å². The van der Waals surface area contributed by atoms with Crippen molar-refractivity contribution in [3.63, 3.8) is 0 Å². The van der Waals surface area contributed by atoms with E-state index >= 15 is 0 Å². The number of nitrogens with one attached hydrogen (secondary N) is 1. The summed E-state index contributed by atoms with van der Waals surface area (Å²) in [5, 5.41) is 3.02. The van der Waals surface area contributed by atoms with Gasteiger partial charge < -0.3 is 15.0 Å². The third-order valence-corrected chi connectivity index (χ3v) is 4.88. The van der Waals surface area contributed by atoms with Crippen molar-refractivity contribution in [1.29, 1.82) is 0 Å². The molecule has 2 heterocycles. The van der Waals surface area contributed by atoms with Crippen LogP contribution in [0.1, 0.15) is 50.8 Å². The highest BCUT2D eigenvalue weighted by Crippen LogP contribution is 2.30. The van der Waals surface area contributed by atoms with Gasteiger partial charge in [-0.1, -0.05) is 24.3 Å². The number of urea groups is 1. The molecular formula is C20H29N3O3. The van der Waals surface area contributed by atoms with Gasteiger partial charge in [0.15, 0.2) is 0 Å². The lowest BCUT2D eigenvalue weighted by molar-refractivity contribution is 0.0142. The highest BCUT2D eigenvalue weighted by atomic mass is 16.6. The summed E-state index contributed by atoms with van der Waals surface area (Å²) in [6, 6.07) is 7.88. The average Bonchev–Trinajstić information content (AvgIpc) is 3.12. The molecule has 0 spiro atoms. The molecule has 0 bridgehead atoms. The van der Waals surface area contributed by atoms with Crippen LogP contribution >= 0.6 is 0 Å². The Labute approximate surface area is 155 Å². The van der Waals surface area contributed by atoms with Crippen molar-refractivity contribution >= 4 is 12.1 Å². The number of benzene rings is 1. The maximum absolute atomic E-state index is 12.7. The van der Waals surface area contributed by atoms with E-state index in [1.54, 1.807) is 4.90 Å². The standard InChI is InChI=1S/C20H29N3O3/c1-20(2,3)26-19(25)23-13-10-15-8-4-5-9-16(15)17(23)14-21-18(24)22-11-6-7-12-22/h4-5,8-9,17H,6-7,10-14H2,1-3H3,(H,21,24). The van der Waals surface area contributed by atoms with Crippen LogP contribution in [-0.4, -0.2) is 53.7 Å². The zero-order chi connectivity index (χ0) is 18.7. The van der Waals surface area contributed by atoms with Crippen LogP contribution in [0.2, 0.25) is 0 Å². The Balaban J connectivity index is 1.75. The fourth-order valence-corrected chi connectivity index (χ4v) is 3.63. The van der Waals surface area contributed by atoms with Gasteiger partial charge in [0, 0.05) is 26.2 Å². The lowest BCUT2D eigenvalue weighted by Crippen LogP contribution is -2.48. The number of carbonyl (C=O) groups is 2. The molecule has 1 fully saturated rings. The number of hydrogen-bond acceptors (Lipinski definition) is 3. The molecule has 1 saturated heterocycles. The van der Waals surface area contributed by atoms with E-state index in [1.165, 1.54) is 5.56 Å². The number of ether oxygens (including phenoxy) is 1. The molecule has 0 aliphatic carbocycles. The Morgan fingerprint density at radius 2 is 1.85 bits per heavy atom. The summed E-state index contributed by atoms with van der Waals surface area (Å²) in [6.07, 6.45) is 2.59. The summed E-state index contributed by atoms with van der Waals surface area (Å²) in [6.45, 7) is 8.21. The molecule has 142 valence electrons. The number of nitrogens with zero attached hydrogens (tertiary/aromatic N) is 2. The lowest BCUT2D eigenvalue weighted by Gasteiger charge is -2.38. The Morgan fingerprint density at radius 1 is 1.15 bits per heavy atom. The zero-order valence-electron chi connectivity index (χ0n) is 16.0. The van der Waals surface area contributed by atoms with Crippen molar-refractivity contribution < 1.29 is 14.3 Å². The number of rotatable bonds is 2. The molecule has 3 amide bonds. The van der Waals surface area contributed by atoms with Gasteiger partial charge in [-0.05, 0) is 51.2 Å². The molecule has 1 N–H and O–H groups in total. The van der Waals surface area contributed by atoms with Crippen molar-refractivity contribution in [2.75, 3.05) is 26.2 Å². The minimum atomic E-state index is -0.544. The van der Waals surface area contributed by atoms with Crippen molar-refractivity contribution in [1.82, 2.24) is 15.1 Å². The summed E-state index contributed by atoms with van der Waals surface area (Å²) in [7, 11) is 0. The van der Waals surface area contributed by atoms with Gasteiger partial charge in [0.05, 0.1) is 6.04 Å². The first kappa shape index (κ1) is 18.5. The molecule has 6 nitrogen and oxygen atoms in total. The third kappa shape index (κ3) is 4.29. The van der Waals surface area contributed by atoms with E-state index in [0.717, 1.165) is 37.9 Å². The first-order valence-electron chi connectivity index (χ1n) is 9.45. The van der Waals surface area contributed by atoms with E-state index in [2.05, 4.69) is 11.4 Å². The van der Waals surface area contributed by atoms with Gasteiger partial charge in [0.2, 0.25) is 0 Å².